The summed E-state index contributed by atoms with van der Waals surface area (Å²) < 4.78 is 10.9. The fourth-order valence-corrected chi connectivity index (χ4v) is 3.73. The lowest BCUT2D eigenvalue weighted by atomic mass is 9.81. The van der Waals surface area contributed by atoms with E-state index in [0.717, 1.165) is 17.7 Å². The molecular formula is C25H22O5. The molecule has 0 heterocycles. The number of phenols is 1. The first-order chi connectivity index (χ1) is 14.5. The number of fused-ring (bicyclic) bond motifs is 2. The molecule has 3 aromatic rings. The molecule has 0 spiro atoms. The number of methoxy groups -OCH3 is 1. The standard InChI is InChI=1S/C25H22O5/c1-3-13-30-17-10-7-15(8-11-17)14-16-9-12-19-22(23(16)26)25(28)21-18(24(19)27)5-4-6-20(21)29-2/h4-12,26H,3,13-14H2,1-2H3. The first-order valence-electron chi connectivity index (χ1n) is 9.88. The van der Waals surface area contributed by atoms with E-state index in [2.05, 4.69) is 0 Å². The van der Waals surface area contributed by atoms with Gasteiger partial charge in [0.15, 0.2) is 5.78 Å². The van der Waals surface area contributed by atoms with Crippen molar-refractivity contribution >= 4 is 11.6 Å². The van der Waals surface area contributed by atoms with E-state index in [1.165, 1.54) is 7.11 Å². The van der Waals surface area contributed by atoms with E-state index in [9.17, 15) is 14.7 Å². The van der Waals surface area contributed by atoms with Crippen LogP contribution in [0.25, 0.3) is 0 Å². The van der Waals surface area contributed by atoms with E-state index < -0.39 is 5.78 Å². The van der Waals surface area contributed by atoms with Crippen LogP contribution in [0.15, 0.2) is 54.6 Å². The van der Waals surface area contributed by atoms with Crippen LogP contribution in [0.5, 0.6) is 17.2 Å². The van der Waals surface area contributed by atoms with Crippen LogP contribution in [0.4, 0.5) is 0 Å². The molecule has 1 N–H and O–H groups in total. The molecule has 0 aliphatic heterocycles. The van der Waals surface area contributed by atoms with Gasteiger partial charge in [0.2, 0.25) is 5.78 Å². The zero-order valence-electron chi connectivity index (χ0n) is 16.9. The van der Waals surface area contributed by atoms with Crippen LogP contribution >= 0.6 is 0 Å². The van der Waals surface area contributed by atoms with Crippen molar-refractivity contribution in [3.63, 3.8) is 0 Å². The van der Waals surface area contributed by atoms with Crippen LogP contribution in [-0.2, 0) is 6.42 Å². The number of aromatic hydroxyl groups is 1. The highest BCUT2D eigenvalue weighted by Gasteiger charge is 2.35. The van der Waals surface area contributed by atoms with Gasteiger partial charge in [0, 0.05) is 17.5 Å². The van der Waals surface area contributed by atoms with E-state index in [0.29, 0.717) is 29.9 Å². The Morgan fingerprint density at radius 1 is 0.867 bits per heavy atom. The minimum Gasteiger partial charge on any atom is -0.507 e. The summed E-state index contributed by atoms with van der Waals surface area (Å²) in [6.45, 7) is 2.71. The average Bonchev–Trinajstić information content (AvgIpc) is 2.77. The fraction of sp³-hybridized carbons (Fsp3) is 0.200. The smallest absolute Gasteiger partial charge is 0.201 e. The molecule has 0 radical (unpaired) electrons. The molecule has 1 aliphatic carbocycles. The van der Waals surface area contributed by atoms with Crippen LogP contribution in [0.1, 0.15) is 56.3 Å². The second kappa shape index (κ2) is 8.03. The first-order valence-corrected chi connectivity index (χ1v) is 9.88. The Kier molecular flexibility index (Phi) is 5.27. The van der Waals surface area contributed by atoms with E-state index in [4.69, 9.17) is 9.47 Å². The van der Waals surface area contributed by atoms with Crippen LogP contribution in [0.3, 0.4) is 0 Å². The number of carbonyl (C=O) groups is 2. The van der Waals surface area contributed by atoms with Gasteiger partial charge in [-0.1, -0.05) is 37.3 Å². The lowest BCUT2D eigenvalue weighted by molar-refractivity contribution is 0.0974. The monoisotopic (exact) mass is 402 g/mol. The van der Waals surface area contributed by atoms with Crippen molar-refractivity contribution in [3.05, 3.63) is 88.0 Å². The molecule has 0 atom stereocenters. The molecule has 0 fully saturated rings. The largest absolute Gasteiger partial charge is 0.507 e. The molecule has 0 aromatic heterocycles. The second-order valence-electron chi connectivity index (χ2n) is 7.21. The normalized spacial score (nSPS) is 12.3. The summed E-state index contributed by atoms with van der Waals surface area (Å²) in [5.41, 5.74) is 2.28. The molecule has 0 bridgehead atoms. The van der Waals surface area contributed by atoms with Crippen molar-refractivity contribution in [2.45, 2.75) is 19.8 Å². The summed E-state index contributed by atoms with van der Waals surface area (Å²) >= 11 is 0. The quantitative estimate of drug-likeness (QED) is 0.512. The van der Waals surface area contributed by atoms with Crippen molar-refractivity contribution in [1.29, 1.82) is 0 Å². The number of ether oxygens (including phenoxy) is 2. The SMILES string of the molecule is CCCOc1ccc(Cc2ccc3c(c2O)C(=O)c2c(OC)cccc2C3=O)cc1. The maximum Gasteiger partial charge on any atom is 0.201 e. The first kappa shape index (κ1) is 19.7. The Hall–Kier alpha value is -3.60. The van der Waals surface area contributed by atoms with E-state index >= 15 is 0 Å². The maximum absolute atomic E-state index is 13.2. The van der Waals surface area contributed by atoms with Gasteiger partial charge in [-0.15, -0.1) is 0 Å². The van der Waals surface area contributed by atoms with E-state index in [1.807, 2.05) is 31.2 Å². The Labute approximate surface area is 174 Å². The number of carbonyl (C=O) groups excluding carboxylic acids is 2. The molecule has 0 saturated heterocycles. The molecule has 152 valence electrons. The van der Waals surface area contributed by atoms with E-state index in [-0.39, 0.29) is 28.2 Å². The number of ketones is 2. The van der Waals surface area contributed by atoms with Crippen molar-refractivity contribution < 1.29 is 24.2 Å². The van der Waals surface area contributed by atoms with Crippen molar-refractivity contribution in [1.82, 2.24) is 0 Å². The van der Waals surface area contributed by atoms with Gasteiger partial charge in [-0.3, -0.25) is 9.59 Å². The molecular weight excluding hydrogens is 380 g/mol. The number of rotatable bonds is 6. The Morgan fingerprint density at radius 2 is 1.60 bits per heavy atom. The Bertz CT molecular complexity index is 1130. The maximum atomic E-state index is 13.2. The van der Waals surface area contributed by atoms with Crippen LogP contribution < -0.4 is 9.47 Å². The van der Waals surface area contributed by atoms with Crippen LogP contribution in [0.2, 0.25) is 0 Å². The third-order valence-electron chi connectivity index (χ3n) is 5.24. The number of phenolic OH excluding ortho intramolecular Hbond substituents is 1. The van der Waals surface area contributed by atoms with Crippen molar-refractivity contribution in [2.24, 2.45) is 0 Å². The average molecular weight is 402 g/mol. The zero-order chi connectivity index (χ0) is 21.3. The molecule has 3 aromatic carbocycles. The highest BCUT2D eigenvalue weighted by molar-refractivity contribution is 6.30. The summed E-state index contributed by atoms with van der Waals surface area (Å²) in [5.74, 6) is 0.259. The van der Waals surface area contributed by atoms with Gasteiger partial charge in [0.1, 0.15) is 17.2 Å². The lowest BCUT2D eigenvalue weighted by Crippen LogP contribution is -2.22. The highest BCUT2D eigenvalue weighted by atomic mass is 16.5. The van der Waals surface area contributed by atoms with Gasteiger partial charge in [-0.05, 0) is 41.8 Å². The van der Waals surface area contributed by atoms with Crippen molar-refractivity contribution in [2.75, 3.05) is 13.7 Å². The summed E-state index contributed by atoms with van der Waals surface area (Å²) in [6.07, 6.45) is 1.36. The third kappa shape index (κ3) is 3.32. The summed E-state index contributed by atoms with van der Waals surface area (Å²) in [4.78, 5) is 26.1. The Balaban J connectivity index is 1.70. The molecule has 5 nitrogen and oxygen atoms in total. The molecule has 4 rings (SSSR count). The summed E-state index contributed by atoms with van der Waals surface area (Å²) in [6, 6.07) is 15.9. The molecule has 30 heavy (non-hydrogen) atoms. The molecule has 0 saturated carbocycles. The third-order valence-corrected chi connectivity index (χ3v) is 5.24. The van der Waals surface area contributed by atoms with E-state index in [1.54, 1.807) is 30.3 Å². The van der Waals surface area contributed by atoms with Gasteiger partial charge in [-0.25, -0.2) is 0 Å². The summed E-state index contributed by atoms with van der Waals surface area (Å²) in [7, 11) is 1.45. The van der Waals surface area contributed by atoms with Gasteiger partial charge >= 0.3 is 0 Å². The van der Waals surface area contributed by atoms with Gasteiger partial charge in [-0.2, -0.15) is 0 Å². The minimum atomic E-state index is -0.403. The van der Waals surface area contributed by atoms with Crippen LogP contribution in [-0.4, -0.2) is 30.4 Å². The second-order valence-corrected chi connectivity index (χ2v) is 7.21. The molecule has 1 aliphatic rings. The van der Waals surface area contributed by atoms with Gasteiger partial charge in [0.05, 0.1) is 24.8 Å². The van der Waals surface area contributed by atoms with Gasteiger partial charge in [0.25, 0.3) is 0 Å². The molecule has 0 amide bonds. The molecule has 0 unspecified atom stereocenters. The van der Waals surface area contributed by atoms with Crippen molar-refractivity contribution in [3.8, 4) is 17.2 Å². The zero-order valence-corrected chi connectivity index (χ0v) is 16.9. The van der Waals surface area contributed by atoms with Crippen LogP contribution in [0, 0.1) is 0 Å². The number of hydrogen-bond donors (Lipinski definition) is 1. The fourth-order valence-electron chi connectivity index (χ4n) is 3.73. The topological polar surface area (TPSA) is 72.8 Å². The number of hydrogen-bond acceptors (Lipinski definition) is 5. The predicted octanol–water partition coefficient (Wildman–Crippen LogP) is 4.56. The summed E-state index contributed by atoms with van der Waals surface area (Å²) in [5, 5.41) is 10.9. The molecule has 5 heteroatoms. The number of benzene rings is 3. The lowest BCUT2D eigenvalue weighted by Gasteiger charge is -2.21. The van der Waals surface area contributed by atoms with Gasteiger partial charge < -0.3 is 14.6 Å². The Morgan fingerprint density at radius 3 is 2.30 bits per heavy atom. The highest BCUT2D eigenvalue weighted by Crippen LogP contribution is 2.38. The minimum absolute atomic E-state index is 0.0393. The predicted molar refractivity (Wildman–Crippen MR) is 113 cm³/mol.